The van der Waals surface area contributed by atoms with Gasteiger partial charge in [-0.15, -0.1) is 0 Å². The van der Waals surface area contributed by atoms with E-state index in [9.17, 15) is 13.2 Å². The highest BCUT2D eigenvalue weighted by molar-refractivity contribution is 7.89. The number of hydrogen-bond donors (Lipinski definition) is 2. The predicted octanol–water partition coefficient (Wildman–Crippen LogP) is 3.22. The molecule has 0 atom stereocenters. The van der Waals surface area contributed by atoms with E-state index >= 15 is 0 Å². The number of nitrogens with zero attached hydrogens (tertiary/aromatic N) is 2. The second kappa shape index (κ2) is 9.03. The number of amides is 1. The van der Waals surface area contributed by atoms with Crippen molar-refractivity contribution in [2.45, 2.75) is 36.6 Å². The van der Waals surface area contributed by atoms with Crippen LogP contribution in [0, 0.1) is 0 Å². The Hall–Kier alpha value is -2.97. The Balaban J connectivity index is 1.29. The molecule has 4 rings (SSSR count). The highest BCUT2D eigenvalue weighted by Gasteiger charge is 2.28. The number of H-pyrrole nitrogens is 1. The molecule has 1 amide bonds. The molecule has 2 N–H and O–H groups in total. The van der Waals surface area contributed by atoms with E-state index in [1.54, 1.807) is 24.1 Å². The van der Waals surface area contributed by atoms with Crippen LogP contribution in [0.5, 0.6) is 0 Å². The second-order valence-corrected chi connectivity index (χ2v) is 9.61. The summed E-state index contributed by atoms with van der Waals surface area (Å²) in [5.74, 6) is -0.131. The van der Waals surface area contributed by atoms with Gasteiger partial charge in [0.25, 0.3) is 5.91 Å². The number of aryl methyl sites for hydroxylation is 1. The van der Waals surface area contributed by atoms with Gasteiger partial charge in [-0.05, 0) is 56.0 Å². The van der Waals surface area contributed by atoms with Crippen molar-refractivity contribution in [3.05, 3.63) is 71.9 Å². The van der Waals surface area contributed by atoms with E-state index in [2.05, 4.69) is 14.9 Å². The summed E-state index contributed by atoms with van der Waals surface area (Å²) in [6.07, 6.45) is 3.33. The summed E-state index contributed by atoms with van der Waals surface area (Å²) in [7, 11) is -1.75. The van der Waals surface area contributed by atoms with Gasteiger partial charge >= 0.3 is 0 Å². The van der Waals surface area contributed by atoms with Crippen LogP contribution in [0.2, 0.25) is 0 Å². The molecule has 0 saturated heterocycles. The lowest BCUT2D eigenvalue weighted by Gasteiger charge is -2.17. The average Bonchev–Trinajstić information content (AvgIpc) is 3.46. The summed E-state index contributed by atoms with van der Waals surface area (Å²) in [6, 6.07) is 18.2. The van der Waals surface area contributed by atoms with Crippen molar-refractivity contribution < 1.29 is 13.2 Å². The van der Waals surface area contributed by atoms with Crippen molar-refractivity contribution in [3.8, 4) is 11.3 Å². The Kier molecular flexibility index (Phi) is 6.20. The molecule has 0 unspecified atom stereocenters. The molecule has 162 valence electrons. The number of carbonyl (C=O) groups excluding carboxylic acids is 1. The summed E-state index contributed by atoms with van der Waals surface area (Å²) in [5.41, 5.74) is 3.47. The molecule has 31 heavy (non-hydrogen) atoms. The maximum Gasteiger partial charge on any atom is 0.253 e. The number of aromatic amines is 1. The fourth-order valence-electron chi connectivity index (χ4n) is 3.34. The van der Waals surface area contributed by atoms with Gasteiger partial charge in [0.2, 0.25) is 10.0 Å². The fraction of sp³-hybridized carbons (Fsp3) is 0.304. The maximum absolute atomic E-state index is 12.7. The Labute approximate surface area is 182 Å². The Morgan fingerprint density at radius 2 is 1.84 bits per heavy atom. The maximum atomic E-state index is 12.7. The molecule has 7 nitrogen and oxygen atoms in total. The lowest BCUT2D eigenvalue weighted by atomic mass is 10.1. The molecular weight excluding hydrogens is 412 g/mol. The number of sulfonamides is 1. The molecule has 0 spiro atoms. The monoisotopic (exact) mass is 438 g/mol. The van der Waals surface area contributed by atoms with Crippen molar-refractivity contribution >= 4 is 15.9 Å². The topological polar surface area (TPSA) is 95.2 Å². The highest BCUT2D eigenvalue weighted by atomic mass is 32.2. The minimum Gasteiger partial charge on any atom is -0.342 e. The molecule has 0 aliphatic heterocycles. The van der Waals surface area contributed by atoms with Gasteiger partial charge in [-0.2, -0.15) is 5.10 Å². The van der Waals surface area contributed by atoms with Crippen LogP contribution in [0.3, 0.4) is 0 Å². The SMILES string of the molecule is CN(CCCc1cc(-c2ccccc2)n[nH]1)C(=O)c1ccc(S(=O)(=O)NC2CC2)cc1. The summed E-state index contributed by atoms with van der Waals surface area (Å²) < 4.78 is 27.1. The van der Waals surface area contributed by atoms with Crippen LogP contribution < -0.4 is 4.72 Å². The van der Waals surface area contributed by atoms with Gasteiger partial charge in [0.1, 0.15) is 0 Å². The molecule has 1 saturated carbocycles. The quantitative estimate of drug-likeness (QED) is 0.536. The minimum atomic E-state index is -3.51. The van der Waals surface area contributed by atoms with Crippen LogP contribution in [-0.4, -0.2) is 49.1 Å². The molecule has 1 aliphatic carbocycles. The van der Waals surface area contributed by atoms with E-state index < -0.39 is 10.0 Å². The minimum absolute atomic E-state index is 0.0519. The number of nitrogens with one attached hydrogen (secondary N) is 2. The van der Waals surface area contributed by atoms with Gasteiger partial charge in [0, 0.05) is 36.5 Å². The molecular formula is C23H26N4O3S. The van der Waals surface area contributed by atoms with Crippen LogP contribution in [0.4, 0.5) is 0 Å². The van der Waals surface area contributed by atoms with Crippen LogP contribution in [0.25, 0.3) is 11.3 Å². The Morgan fingerprint density at radius 1 is 1.13 bits per heavy atom. The first kappa shape index (κ1) is 21.3. The molecule has 1 aromatic heterocycles. The van der Waals surface area contributed by atoms with Gasteiger partial charge in [-0.1, -0.05) is 30.3 Å². The molecule has 3 aromatic rings. The number of carbonyl (C=O) groups is 1. The molecule has 2 aromatic carbocycles. The first-order valence-electron chi connectivity index (χ1n) is 10.4. The number of hydrogen-bond acceptors (Lipinski definition) is 4. The lowest BCUT2D eigenvalue weighted by molar-refractivity contribution is 0.0793. The second-order valence-electron chi connectivity index (χ2n) is 7.89. The lowest BCUT2D eigenvalue weighted by Crippen LogP contribution is -2.28. The van der Waals surface area contributed by atoms with Crippen LogP contribution in [0.1, 0.15) is 35.3 Å². The van der Waals surface area contributed by atoms with Crippen molar-refractivity contribution in [3.63, 3.8) is 0 Å². The summed E-state index contributed by atoms with van der Waals surface area (Å²) in [6.45, 7) is 0.585. The highest BCUT2D eigenvalue weighted by Crippen LogP contribution is 2.22. The van der Waals surface area contributed by atoms with Gasteiger partial charge in [0.05, 0.1) is 10.6 Å². The van der Waals surface area contributed by atoms with E-state index in [1.807, 2.05) is 36.4 Å². The van der Waals surface area contributed by atoms with E-state index in [4.69, 9.17) is 0 Å². The van der Waals surface area contributed by atoms with E-state index in [0.29, 0.717) is 12.1 Å². The molecule has 8 heteroatoms. The van der Waals surface area contributed by atoms with Crippen LogP contribution in [-0.2, 0) is 16.4 Å². The van der Waals surface area contributed by atoms with Gasteiger partial charge in [-0.25, -0.2) is 13.1 Å². The molecule has 0 bridgehead atoms. The van der Waals surface area contributed by atoms with Crippen molar-refractivity contribution in [1.29, 1.82) is 0 Å². The zero-order chi connectivity index (χ0) is 21.8. The van der Waals surface area contributed by atoms with E-state index in [1.165, 1.54) is 12.1 Å². The number of rotatable bonds is 9. The number of benzene rings is 2. The normalized spacial score (nSPS) is 13.8. The Bertz CT molecular complexity index is 1140. The third-order valence-electron chi connectivity index (χ3n) is 5.30. The summed E-state index contributed by atoms with van der Waals surface area (Å²) in [4.78, 5) is 14.5. The standard InChI is InChI=1S/C23H26N4O3S/c1-27(15-5-8-20-16-22(25-24-20)17-6-3-2-4-7-17)23(28)18-9-13-21(14-10-18)31(29,30)26-19-11-12-19/h2-4,6-7,9-10,13-14,16,19,26H,5,8,11-12,15H2,1H3,(H,24,25). The van der Waals surface area contributed by atoms with Crippen LogP contribution >= 0.6 is 0 Å². The number of aromatic nitrogens is 2. The van der Waals surface area contributed by atoms with Gasteiger partial charge < -0.3 is 4.90 Å². The van der Waals surface area contributed by atoms with Crippen molar-refractivity contribution in [2.75, 3.05) is 13.6 Å². The Morgan fingerprint density at radius 3 is 2.52 bits per heavy atom. The first-order valence-corrected chi connectivity index (χ1v) is 11.9. The average molecular weight is 439 g/mol. The van der Waals surface area contributed by atoms with E-state index in [0.717, 1.165) is 42.6 Å². The molecule has 1 fully saturated rings. The van der Waals surface area contributed by atoms with Gasteiger partial charge in [0.15, 0.2) is 0 Å². The smallest absolute Gasteiger partial charge is 0.253 e. The van der Waals surface area contributed by atoms with Gasteiger partial charge in [-0.3, -0.25) is 9.89 Å². The first-order chi connectivity index (χ1) is 14.9. The van der Waals surface area contributed by atoms with Crippen molar-refractivity contribution in [2.24, 2.45) is 0 Å². The largest absolute Gasteiger partial charge is 0.342 e. The predicted molar refractivity (Wildman–Crippen MR) is 119 cm³/mol. The fourth-order valence-corrected chi connectivity index (χ4v) is 4.65. The van der Waals surface area contributed by atoms with E-state index in [-0.39, 0.29) is 16.8 Å². The van der Waals surface area contributed by atoms with Crippen LogP contribution in [0.15, 0.2) is 65.6 Å². The zero-order valence-corrected chi connectivity index (χ0v) is 18.2. The third kappa shape index (κ3) is 5.39. The summed E-state index contributed by atoms with van der Waals surface area (Å²) >= 11 is 0. The molecule has 0 radical (unpaired) electrons. The van der Waals surface area contributed by atoms with Crippen molar-refractivity contribution in [1.82, 2.24) is 19.8 Å². The zero-order valence-electron chi connectivity index (χ0n) is 17.4. The third-order valence-corrected chi connectivity index (χ3v) is 6.83. The summed E-state index contributed by atoms with van der Waals surface area (Å²) in [5, 5.41) is 7.42. The molecule has 1 aliphatic rings. The molecule has 1 heterocycles.